The maximum Gasteiger partial charge on any atom is 0.258 e. The van der Waals surface area contributed by atoms with Gasteiger partial charge < -0.3 is 4.57 Å². The number of carbonyl (C=O) groups excluding carboxylic acids is 1. The lowest BCUT2D eigenvalue weighted by molar-refractivity contribution is 0.102. The van der Waals surface area contributed by atoms with Crippen LogP contribution in [0, 0.1) is 0 Å². The summed E-state index contributed by atoms with van der Waals surface area (Å²) >= 11 is 0. The Morgan fingerprint density at radius 1 is 1.15 bits per heavy atom. The Balaban J connectivity index is 1.91. The highest BCUT2D eigenvalue weighted by atomic mass is 32.2. The average Bonchev–Trinajstić information content (AvgIpc) is 2.97. The van der Waals surface area contributed by atoms with Gasteiger partial charge in [-0.05, 0) is 51.1 Å². The zero-order chi connectivity index (χ0) is 19.6. The number of carbonyl (C=O) groups is 1. The highest BCUT2D eigenvalue weighted by Crippen LogP contribution is 2.20. The molecule has 0 spiro atoms. The Morgan fingerprint density at radius 2 is 1.89 bits per heavy atom. The van der Waals surface area contributed by atoms with Crippen LogP contribution in [0.2, 0.25) is 0 Å². The summed E-state index contributed by atoms with van der Waals surface area (Å²) in [5.74, 6) is 0.0128. The average molecular weight is 386 g/mol. The normalized spacial score (nSPS) is 11.9. The van der Waals surface area contributed by atoms with E-state index in [1.807, 2.05) is 35.8 Å². The van der Waals surface area contributed by atoms with Crippen LogP contribution in [0.5, 0.6) is 0 Å². The quantitative estimate of drug-likeness (QED) is 0.681. The van der Waals surface area contributed by atoms with E-state index in [0.717, 1.165) is 11.0 Å². The van der Waals surface area contributed by atoms with Gasteiger partial charge in [0.15, 0.2) is 0 Å². The summed E-state index contributed by atoms with van der Waals surface area (Å²) in [4.78, 5) is 17.2. The monoisotopic (exact) mass is 386 g/mol. The number of hydrogen-bond donors (Lipinski definition) is 2. The summed E-state index contributed by atoms with van der Waals surface area (Å²) in [5, 5.41) is 2.78. The molecule has 0 bridgehead atoms. The molecule has 1 heterocycles. The van der Waals surface area contributed by atoms with E-state index >= 15 is 0 Å². The number of anilines is 1. The van der Waals surface area contributed by atoms with Crippen molar-refractivity contribution >= 4 is 32.9 Å². The largest absolute Gasteiger partial charge is 0.310 e. The summed E-state index contributed by atoms with van der Waals surface area (Å²) in [5.41, 5.74) is 1.95. The number of benzene rings is 2. The second kappa shape index (κ2) is 7.50. The zero-order valence-corrected chi connectivity index (χ0v) is 16.2. The topological polar surface area (TPSA) is 93.1 Å². The SMILES string of the molecule is CCn1c(NC(=O)c2cccc(S(=O)(=O)NC(C)C)c2)nc2ccccc21. The van der Waals surface area contributed by atoms with Crippen LogP contribution >= 0.6 is 0 Å². The minimum atomic E-state index is -3.67. The molecule has 0 saturated carbocycles. The molecule has 0 aliphatic carbocycles. The third kappa shape index (κ3) is 4.01. The van der Waals surface area contributed by atoms with Crippen molar-refractivity contribution < 1.29 is 13.2 Å². The van der Waals surface area contributed by atoms with Crippen molar-refractivity contribution in [3.8, 4) is 0 Å². The van der Waals surface area contributed by atoms with Gasteiger partial charge in [0.1, 0.15) is 0 Å². The van der Waals surface area contributed by atoms with Crippen molar-refractivity contribution in [3.05, 3.63) is 54.1 Å². The number of para-hydroxylation sites is 2. The molecule has 2 N–H and O–H groups in total. The molecule has 0 aliphatic rings. The lowest BCUT2D eigenvalue weighted by Crippen LogP contribution is -2.30. The second-order valence-corrected chi connectivity index (χ2v) is 8.14. The molecule has 7 nitrogen and oxygen atoms in total. The molecule has 0 atom stereocenters. The minimum Gasteiger partial charge on any atom is -0.310 e. The molecule has 0 unspecified atom stereocenters. The minimum absolute atomic E-state index is 0.0489. The summed E-state index contributed by atoms with van der Waals surface area (Å²) in [6, 6.07) is 13.3. The number of fused-ring (bicyclic) bond motifs is 1. The van der Waals surface area contributed by atoms with Gasteiger partial charge in [-0.1, -0.05) is 18.2 Å². The Labute approximate surface area is 158 Å². The van der Waals surface area contributed by atoms with Crippen LogP contribution in [0.4, 0.5) is 5.95 Å². The highest BCUT2D eigenvalue weighted by Gasteiger charge is 2.18. The molecule has 27 heavy (non-hydrogen) atoms. The van der Waals surface area contributed by atoms with Crippen molar-refractivity contribution in [2.24, 2.45) is 0 Å². The molecular weight excluding hydrogens is 364 g/mol. The third-order valence-corrected chi connectivity index (χ3v) is 5.65. The molecule has 1 amide bonds. The van der Waals surface area contributed by atoms with Crippen LogP contribution in [0.25, 0.3) is 11.0 Å². The first kappa shape index (κ1) is 19.1. The third-order valence-electron chi connectivity index (χ3n) is 3.99. The number of rotatable bonds is 6. The van der Waals surface area contributed by atoms with Crippen LogP contribution in [0.3, 0.4) is 0 Å². The number of amides is 1. The molecule has 0 saturated heterocycles. The van der Waals surface area contributed by atoms with Gasteiger partial charge in [0.25, 0.3) is 5.91 Å². The van der Waals surface area contributed by atoms with Crippen LogP contribution in [0.1, 0.15) is 31.1 Å². The molecule has 8 heteroatoms. The Hall–Kier alpha value is -2.71. The molecule has 2 aromatic carbocycles. The van der Waals surface area contributed by atoms with Crippen molar-refractivity contribution in [2.75, 3.05) is 5.32 Å². The fourth-order valence-electron chi connectivity index (χ4n) is 2.85. The van der Waals surface area contributed by atoms with E-state index in [0.29, 0.717) is 12.5 Å². The molecular formula is C19H22N4O3S. The van der Waals surface area contributed by atoms with Crippen molar-refractivity contribution in [3.63, 3.8) is 0 Å². The molecule has 3 aromatic rings. The van der Waals surface area contributed by atoms with E-state index in [-0.39, 0.29) is 16.5 Å². The van der Waals surface area contributed by atoms with Crippen molar-refractivity contribution in [1.82, 2.24) is 14.3 Å². The van der Waals surface area contributed by atoms with E-state index in [1.54, 1.807) is 26.0 Å². The smallest absolute Gasteiger partial charge is 0.258 e. The summed E-state index contributed by atoms with van der Waals surface area (Å²) in [6.45, 7) is 6.09. The van der Waals surface area contributed by atoms with Crippen LogP contribution in [-0.4, -0.2) is 29.9 Å². The molecule has 3 rings (SSSR count). The maximum atomic E-state index is 12.7. The van der Waals surface area contributed by atoms with Gasteiger partial charge in [0.2, 0.25) is 16.0 Å². The molecule has 142 valence electrons. The number of sulfonamides is 1. The Bertz CT molecular complexity index is 1090. The van der Waals surface area contributed by atoms with Gasteiger partial charge in [-0.2, -0.15) is 0 Å². The van der Waals surface area contributed by atoms with Crippen LogP contribution in [0.15, 0.2) is 53.4 Å². The van der Waals surface area contributed by atoms with E-state index in [4.69, 9.17) is 0 Å². The number of nitrogens with one attached hydrogen (secondary N) is 2. The van der Waals surface area contributed by atoms with Crippen LogP contribution in [-0.2, 0) is 16.6 Å². The summed E-state index contributed by atoms with van der Waals surface area (Å²) in [7, 11) is -3.67. The lowest BCUT2D eigenvalue weighted by Gasteiger charge is -2.11. The predicted octanol–water partition coefficient (Wildman–Crippen LogP) is 3.00. The van der Waals surface area contributed by atoms with E-state index in [9.17, 15) is 13.2 Å². The lowest BCUT2D eigenvalue weighted by atomic mass is 10.2. The number of aryl methyl sites for hydroxylation is 1. The first-order valence-electron chi connectivity index (χ1n) is 8.71. The predicted molar refractivity (Wildman–Crippen MR) is 105 cm³/mol. The second-order valence-electron chi connectivity index (χ2n) is 6.43. The number of imidazole rings is 1. The van der Waals surface area contributed by atoms with Gasteiger partial charge in [-0.15, -0.1) is 0 Å². The Kier molecular flexibility index (Phi) is 5.29. The highest BCUT2D eigenvalue weighted by molar-refractivity contribution is 7.89. The number of nitrogens with zero attached hydrogens (tertiary/aromatic N) is 2. The van der Waals surface area contributed by atoms with Gasteiger partial charge >= 0.3 is 0 Å². The molecule has 0 fully saturated rings. The van der Waals surface area contributed by atoms with Gasteiger partial charge in [0, 0.05) is 18.2 Å². The zero-order valence-electron chi connectivity index (χ0n) is 15.4. The summed E-state index contributed by atoms with van der Waals surface area (Å²) in [6.07, 6.45) is 0. The van der Waals surface area contributed by atoms with E-state index in [2.05, 4.69) is 15.0 Å². The molecule has 0 radical (unpaired) electrons. The van der Waals surface area contributed by atoms with Crippen molar-refractivity contribution in [2.45, 2.75) is 38.3 Å². The summed E-state index contributed by atoms with van der Waals surface area (Å²) < 4.78 is 29.1. The van der Waals surface area contributed by atoms with Gasteiger partial charge in [0.05, 0.1) is 15.9 Å². The van der Waals surface area contributed by atoms with E-state index in [1.165, 1.54) is 12.1 Å². The molecule has 1 aromatic heterocycles. The van der Waals surface area contributed by atoms with Gasteiger partial charge in [-0.3, -0.25) is 10.1 Å². The van der Waals surface area contributed by atoms with E-state index < -0.39 is 15.9 Å². The number of hydrogen-bond acceptors (Lipinski definition) is 4. The van der Waals surface area contributed by atoms with Crippen LogP contribution < -0.4 is 10.0 Å². The van der Waals surface area contributed by atoms with Crippen molar-refractivity contribution in [1.29, 1.82) is 0 Å². The first-order valence-corrected chi connectivity index (χ1v) is 10.2. The first-order chi connectivity index (χ1) is 12.8. The fraction of sp³-hybridized carbons (Fsp3) is 0.263. The number of aromatic nitrogens is 2. The standard InChI is InChI=1S/C19H22N4O3S/c1-4-23-17-11-6-5-10-16(17)20-19(23)21-18(24)14-8-7-9-15(12-14)27(25,26)22-13(2)3/h5-13,22H,4H2,1-3H3,(H,20,21,24). The Morgan fingerprint density at radius 3 is 2.59 bits per heavy atom. The van der Waals surface area contributed by atoms with Gasteiger partial charge in [-0.25, -0.2) is 18.1 Å². The molecule has 0 aliphatic heterocycles. The fourth-order valence-corrected chi connectivity index (χ4v) is 4.14. The maximum absolute atomic E-state index is 12.7.